The van der Waals surface area contributed by atoms with Crippen molar-refractivity contribution in [3.8, 4) is 0 Å². The Bertz CT molecular complexity index is 938. The lowest BCUT2D eigenvalue weighted by molar-refractivity contribution is -0.0507. The fraction of sp³-hybridized carbons (Fsp3) is 0.417. The summed E-state index contributed by atoms with van der Waals surface area (Å²) in [4.78, 5) is 32.5. The summed E-state index contributed by atoms with van der Waals surface area (Å²) >= 11 is 5.97. The molecule has 2 aliphatic rings. The molecule has 6 heteroatoms. The van der Waals surface area contributed by atoms with E-state index in [0.717, 1.165) is 17.7 Å². The number of carbonyl (C=O) groups is 2. The summed E-state index contributed by atoms with van der Waals surface area (Å²) in [6.07, 6.45) is 0. The van der Waals surface area contributed by atoms with Gasteiger partial charge in [-0.2, -0.15) is 0 Å². The molecule has 158 valence electrons. The average Bonchev–Trinajstić information content (AvgIpc) is 2.73. The molecule has 2 aliphatic heterocycles. The number of aryl methyl sites for hydroxylation is 1. The minimum absolute atomic E-state index is 0.0152. The van der Waals surface area contributed by atoms with Crippen LogP contribution in [-0.4, -0.2) is 70.8 Å². The molecule has 0 aromatic heterocycles. The van der Waals surface area contributed by atoms with Gasteiger partial charge in [-0.25, -0.2) is 0 Å². The molecular weight excluding hydrogens is 398 g/mol. The first-order valence-corrected chi connectivity index (χ1v) is 10.8. The highest BCUT2D eigenvalue weighted by atomic mass is 35.5. The van der Waals surface area contributed by atoms with E-state index in [1.165, 1.54) is 0 Å². The van der Waals surface area contributed by atoms with E-state index in [9.17, 15) is 9.59 Å². The number of carbonyl (C=O) groups excluding carboxylic acids is 2. The first-order chi connectivity index (χ1) is 14.2. The molecule has 2 fully saturated rings. The number of amides is 2. The maximum atomic E-state index is 13.1. The maximum Gasteiger partial charge on any atom is 0.253 e. The van der Waals surface area contributed by atoms with Gasteiger partial charge in [0.05, 0.1) is 0 Å². The minimum Gasteiger partial charge on any atom is -0.336 e. The van der Waals surface area contributed by atoms with Gasteiger partial charge in [-0.1, -0.05) is 29.3 Å². The Kier molecular flexibility index (Phi) is 5.60. The lowest BCUT2D eigenvalue weighted by atomic mass is 9.92. The van der Waals surface area contributed by atoms with Gasteiger partial charge in [-0.3, -0.25) is 14.5 Å². The van der Waals surface area contributed by atoms with Crippen molar-refractivity contribution in [1.82, 2.24) is 14.7 Å². The predicted octanol–water partition coefficient (Wildman–Crippen LogP) is 3.71. The summed E-state index contributed by atoms with van der Waals surface area (Å²) in [6.45, 7) is 9.80. The maximum absolute atomic E-state index is 13.1. The Morgan fingerprint density at radius 2 is 1.40 bits per heavy atom. The predicted molar refractivity (Wildman–Crippen MR) is 119 cm³/mol. The van der Waals surface area contributed by atoms with Crippen molar-refractivity contribution >= 4 is 23.4 Å². The van der Waals surface area contributed by atoms with Crippen LogP contribution >= 0.6 is 11.6 Å². The molecule has 0 N–H and O–H groups in total. The summed E-state index contributed by atoms with van der Waals surface area (Å²) in [5.41, 5.74) is 2.36. The smallest absolute Gasteiger partial charge is 0.253 e. The lowest BCUT2D eigenvalue weighted by Gasteiger charge is -2.55. The van der Waals surface area contributed by atoms with Crippen LogP contribution in [0.3, 0.4) is 0 Å². The Labute approximate surface area is 183 Å². The van der Waals surface area contributed by atoms with Gasteiger partial charge in [0.25, 0.3) is 11.8 Å². The van der Waals surface area contributed by atoms with Gasteiger partial charge < -0.3 is 9.80 Å². The van der Waals surface area contributed by atoms with E-state index in [2.05, 4.69) is 18.7 Å². The van der Waals surface area contributed by atoms with Crippen LogP contribution in [0, 0.1) is 6.92 Å². The van der Waals surface area contributed by atoms with Crippen LogP contribution in [0.1, 0.15) is 40.1 Å². The second kappa shape index (κ2) is 8.05. The molecule has 5 nitrogen and oxygen atoms in total. The van der Waals surface area contributed by atoms with Crippen LogP contribution in [0.4, 0.5) is 0 Å². The third kappa shape index (κ3) is 4.09. The molecule has 1 atom stereocenters. The van der Waals surface area contributed by atoms with E-state index in [1.54, 1.807) is 24.3 Å². The van der Waals surface area contributed by atoms with Gasteiger partial charge in [-0.15, -0.1) is 0 Å². The van der Waals surface area contributed by atoms with Gasteiger partial charge in [0.15, 0.2) is 0 Å². The standard InChI is InChI=1S/C24H28ClN3O2/c1-17-4-6-18(7-5-17)22(29)26-12-13-28-21(14-26)15-27(16-24(28,2)3)23(30)19-8-10-20(25)11-9-19/h4-11,21H,12-16H2,1-3H3. The van der Waals surface area contributed by atoms with Gasteiger partial charge in [0, 0.05) is 60.5 Å². The van der Waals surface area contributed by atoms with Gasteiger partial charge in [0.1, 0.15) is 0 Å². The molecular formula is C24H28ClN3O2. The first-order valence-electron chi connectivity index (χ1n) is 10.4. The van der Waals surface area contributed by atoms with Crippen molar-refractivity contribution in [3.63, 3.8) is 0 Å². The Hall–Kier alpha value is -2.37. The number of rotatable bonds is 2. The minimum atomic E-state index is -0.149. The zero-order chi connectivity index (χ0) is 21.5. The Morgan fingerprint density at radius 1 is 0.867 bits per heavy atom. The van der Waals surface area contributed by atoms with Crippen LogP contribution in [0.15, 0.2) is 48.5 Å². The molecule has 0 radical (unpaired) electrons. The van der Waals surface area contributed by atoms with Crippen LogP contribution in [0.2, 0.25) is 5.02 Å². The second-order valence-electron chi connectivity index (χ2n) is 8.97. The molecule has 1 unspecified atom stereocenters. The molecule has 0 aliphatic carbocycles. The summed E-state index contributed by atoms with van der Waals surface area (Å²) in [7, 11) is 0. The summed E-state index contributed by atoms with van der Waals surface area (Å²) < 4.78 is 0. The molecule has 0 bridgehead atoms. The third-order valence-electron chi connectivity index (χ3n) is 6.23. The molecule has 2 saturated heterocycles. The summed E-state index contributed by atoms with van der Waals surface area (Å²) in [5.74, 6) is 0.0787. The van der Waals surface area contributed by atoms with E-state index in [4.69, 9.17) is 11.6 Å². The molecule has 2 heterocycles. The van der Waals surface area contributed by atoms with Crippen LogP contribution in [0.5, 0.6) is 0 Å². The highest BCUT2D eigenvalue weighted by molar-refractivity contribution is 6.30. The van der Waals surface area contributed by atoms with Crippen molar-refractivity contribution in [3.05, 3.63) is 70.2 Å². The Morgan fingerprint density at radius 3 is 2.03 bits per heavy atom. The highest BCUT2D eigenvalue weighted by Gasteiger charge is 2.44. The fourth-order valence-electron chi connectivity index (χ4n) is 4.68. The number of hydrogen-bond acceptors (Lipinski definition) is 3. The zero-order valence-electron chi connectivity index (χ0n) is 17.8. The highest BCUT2D eigenvalue weighted by Crippen LogP contribution is 2.29. The van der Waals surface area contributed by atoms with Gasteiger partial charge >= 0.3 is 0 Å². The first kappa shape index (κ1) is 20.9. The number of piperazine rings is 2. The van der Waals surface area contributed by atoms with Crippen molar-refractivity contribution in [1.29, 1.82) is 0 Å². The average molecular weight is 426 g/mol. The zero-order valence-corrected chi connectivity index (χ0v) is 18.5. The molecule has 0 spiro atoms. The normalized spacial score (nSPS) is 21.3. The molecule has 2 aromatic carbocycles. The number of benzene rings is 2. The van der Waals surface area contributed by atoms with Crippen molar-refractivity contribution in [2.45, 2.75) is 32.4 Å². The van der Waals surface area contributed by atoms with Crippen LogP contribution in [0.25, 0.3) is 0 Å². The van der Waals surface area contributed by atoms with E-state index >= 15 is 0 Å². The summed E-state index contributed by atoms with van der Waals surface area (Å²) in [5, 5.41) is 0.620. The number of hydrogen-bond donors (Lipinski definition) is 0. The van der Waals surface area contributed by atoms with Gasteiger partial charge in [-0.05, 0) is 57.2 Å². The van der Waals surface area contributed by atoms with E-state index in [-0.39, 0.29) is 23.4 Å². The van der Waals surface area contributed by atoms with Gasteiger partial charge in [0.2, 0.25) is 0 Å². The molecule has 0 saturated carbocycles. The van der Waals surface area contributed by atoms with E-state index in [0.29, 0.717) is 36.8 Å². The number of halogens is 1. The topological polar surface area (TPSA) is 43.9 Å². The third-order valence-corrected chi connectivity index (χ3v) is 6.49. The lowest BCUT2D eigenvalue weighted by Crippen LogP contribution is -2.70. The SMILES string of the molecule is Cc1ccc(C(=O)N2CCN3C(C2)CN(C(=O)c2ccc(Cl)cc2)CC3(C)C)cc1. The number of fused-ring (bicyclic) bond motifs is 1. The van der Waals surface area contributed by atoms with Crippen molar-refractivity contribution < 1.29 is 9.59 Å². The van der Waals surface area contributed by atoms with E-state index in [1.807, 2.05) is 41.0 Å². The van der Waals surface area contributed by atoms with Crippen LogP contribution in [-0.2, 0) is 0 Å². The second-order valence-corrected chi connectivity index (χ2v) is 9.41. The fourth-order valence-corrected chi connectivity index (χ4v) is 4.80. The molecule has 4 rings (SSSR count). The molecule has 2 amide bonds. The number of nitrogens with zero attached hydrogens (tertiary/aromatic N) is 3. The molecule has 2 aromatic rings. The summed E-state index contributed by atoms with van der Waals surface area (Å²) in [6, 6.07) is 14.9. The van der Waals surface area contributed by atoms with Crippen LogP contribution < -0.4 is 0 Å². The van der Waals surface area contributed by atoms with Crippen molar-refractivity contribution in [2.24, 2.45) is 0 Å². The monoisotopic (exact) mass is 425 g/mol. The quantitative estimate of drug-likeness (QED) is 0.736. The largest absolute Gasteiger partial charge is 0.336 e. The van der Waals surface area contributed by atoms with Crippen molar-refractivity contribution in [2.75, 3.05) is 32.7 Å². The van der Waals surface area contributed by atoms with E-state index < -0.39 is 0 Å². The molecule has 30 heavy (non-hydrogen) atoms. The Balaban J connectivity index is 1.51.